The van der Waals surface area contributed by atoms with Crippen molar-refractivity contribution < 1.29 is 0 Å². The number of rotatable bonds is 6. The van der Waals surface area contributed by atoms with E-state index in [-0.39, 0.29) is 6.04 Å². The topological polar surface area (TPSA) is 39.1 Å². The van der Waals surface area contributed by atoms with E-state index in [1.54, 1.807) is 0 Å². The maximum Gasteiger partial charge on any atom is 0.108 e. The van der Waals surface area contributed by atoms with Crippen molar-refractivity contribution in [2.45, 2.75) is 26.3 Å². The minimum Gasteiger partial charge on any atom is -0.304 e. The molecule has 12 heavy (non-hydrogen) atoms. The van der Waals surface area contributed by atoms with Crippen molar-refractivity contribution in [1.29, 1.82) is 5.26 Å². The van der Waals surface area contributed by atoms with Gasteiger partial charge in [0.25, 0.3) is 0 Å². The van der Waals surface area contributed by atoms with Gasteiger partial charge in [-0.15, -0.1) is 0 Å². The normalized spacial score (nSPS) is 12.9. The second kappa shape index (κ2) is 7.08. The van der Waals surface area contributed by atoms with Gasteiger partial charge in [0, 0.05) is 6.54 Å². The number of likely N-dealkylation sites (N-methyl/N-ethyl adjacent to an activating group) is 1. The Bertz CT molecular complexity index is 139. The fraction of sp³-hybridized carbons (Fsp3) is 0.889. The molecule has 3 heteroatoms. The van der Waals surface area contributed by atoms with E-state index >= 15 is 0 Å². The molecule has 0 aromatic carbocycles. The standard InChI is InChI=1S/C9H19N3/c1-4-6-11-9(7-10)8-12(3)5-2/h9,11H,4-6,8H2,1-3H3. The molecule has 0 heterocycles. The Morgan fingerprint density at radius 3 is 2.58 bits per heavy atom. The van der Waals surface area contributed by atoms with E-state index < -0.39 is 0 Å². The zero-order valence-corrected chi connectivity index (χ0v) is 8.30. The lowest BCUT2D eigenvalue weighted by Gasteiger charge is -2.18. The summed E-state index contributed by atoms with van der Waals surface area (Å²) in [5.74, 6) is 0. The van der Waals surface area contributed by atoms with Crippen LogP contribution in [-0.2, 0) is 0 Å². The summed E-state index contributed by atoms with van der Waals surface area (Å²) < 4.78 is 0. The Hall–Kier alpha value is -0.590. The minimum atomic E-state index is -0.0186. The van der Waals surface area contributed by atoms with Crippen LogP contribution in [0.1, 0.15) is 20.3 Å². The SMILES string of the molecule is CCCNC(C#N)CN(C)CC. The molecule has 1 unspecified atom stereocenters. The van der Waals surface area contributed by atoms with Crippen LogP contribution < -0.4 is 5.32 Å². The van der Waals surface area contributed by atoms with Gasteiger partial charge in [-0.25, -0.2) is 0 Å². The second-order valence-corrected chi connectivity index (χ2v) is 2.99. The van der Waals surface area contributed by atoms with Crippen LogP contribution in [0, 0.1) is 11.3 Å². The summed E-state index contributed by atoms with van der Waals surface area (Å²) >= 11 is 0. The number of nitrogens with one attached hydrogen (secondary N) is 1. The molecule has 0 amide bonds. The number of hydrogen-bond donors (Lipinski definition) is 1. The van der Waals surface area contributed by atoms with Crippen molar-refractivity contribution in [2.75, 3.05) is 26.7 Å². The Morgan fingerprint density at radius 2 is 2.17 bits per heavy atom. The van der Waals surface area contributed by atoms with Gasteiger partial charge in [0.15, 0.2) is 0 Å². The molecule has 0 aliphatic heterocycles. The molecular weight excluding hydrogens is 150 g/mol. The molecule has 0 aliphatic carbocycles. The first kappa shape index (κ1) is 11.4. The van der Waals surface area contributed by atoms with Crippen LogP contribution in [0.25, 0.3) is 0 Å². The van der Waals surface area contributed by atoms with E-state index in [0.717, 1.165) is 26.1 Å². The number of nitriles is 1. The Kier molecular flexibility index (Phi) is 6.73. The largest absolute Gasteiger partial charge is 0.304 e. The molecule has 70 valence electrons. The Labute approximate surface area is 75.4 Å². The fourth-order valence-corrected chi connectivity index (χ4v) is 0.910. The number of hydrogen-bond acceptors (Lipinski definition) is 3. The zero-order chi connectivity index (χ0) is 9.40. The summed E-state index contributed by atoms with van der Waals surface area (Å²) in [7, 11) is 2.03. The van der Waals surface area contributed by atoms with Crippen molar-refractivity contribution in [2.24, 2.45) is 0 Å². The predicted molar refractivity (Wildman–Crippen MR) is 50.9 cm³/mol. The Morgan fingerprint density at radius 1 is 1.50 bits per heavy atom. The third-order valence-corrected chi connectivity index (χ3v) is 1.83. The highest BCUT2D eigenvalue weighted by atomic mass is 15.1. The van der Waals surface area contributed by atoms with Crippen LogP contribution in [-0.4, -0.2) is 37.6 Å². The summed E-state index contributed by atoms with van der Waals surface area (Å²) in [6, 6.07) is 2.23. The van der Waals surface area contributed by atoms with Gasteiger partial charge in [-0.05, 0) is 26.6 Å². The van der Waals surface area contributed by atoms with E-state index in [1.165, 1.54) is 0 Å². The molecule has 0 aromatic heterocycles. The lowest BCUT2D eigenvalue weighted by atomic mass is 10.3. The summed E-state index contributed by atoms with van der Waals surface area (Å²) in [5, 5.41) is 11.9. The monoisotopic (exact) mass is 169 g/mol. The lowest BCUT2D eigenvalue weighted by molar-refractivity contribution is 0.326. The van der Waals surface area contributed by atoms with Crippen molar-refractivity contribution >= 4 is 0 Å². The second-order valence-electron chi connectivity index (χ2n) is 2.99. The van der Waals surface area contributed by atoms with Crippen molar-refractivity contribution in [3.63, 3.8) is 0 Å². The van der Waals surface area contributed by atoms with Crippen LogP contribution in [0.4, 0.5) is 0 Å². The summed E-state index contributed by atoms with van der Waals surface area (Å²) in [6.45, 7) is 6.92. The van der Waals surface area contributed by atoms with Gasteiger partial charge in [0.2, 0.25) is 0 Å². The third-order valence-electron chi connectivity index (χ3n) is 1.83. The first-order valence-corrected chi connectivity index (χ1v) is 4.56. The van der Waals surface area contributed by atoms with Gasteiger partial charge >= 0.3 is 0 Å². The predicted octanol–water partition coefficient (Wildman–Crippen LogP) is 0.830. The maximum absolute atomic E-state index is 8.76. The summed E-state index contributed by atoms with van der Waals surface area (Å²) in [5.41, 5.74) is 0. The molecule has 0 bridgehead atoms. The van der Waals surface area contributed by atoms with Gasteiger partial charge < -0.3 is 10.2 Å². The first-order chi connectivity index (χ1) is 5.74. The first-order valence-electron chi connectivity index (χ1n) is 4.56. The van der Waals surface area contributed by atoms with Gasteiger partial charge in [0.05, 0.1) is 6.07 Å². The van der Waals surface area contributed by atoms with Gasteiger partial charge in [-0.2, -0.15) is 5.26 Å². The lowest BCUT2D eigenvalue weighted by Crippen LogP contribution is -2.38. The van der Waals surface area contributed by atoms with Crippen molar-refractivity contribution in [3.8, 4) is 6.07 Å². The van der Waals surface area contributed by atoms with Crippen molar-refractivity contribution in [1.82, 2.24) is 10.2 Å². The molecule has 0 saturated heterocycles. The maximum atomic E-state index is 8.76. The molecule has 1 N–H and O–H groups in total. The van der Waals surface area contributed by atoms with E-state index in [9.17, 15) is 0 Å². The van der Waals surface area contributed by atoms with Crippen LogP contribution in [0.3, 0.4) is 0 Å². The van der Waals surface area contributed by atoms with Crippen LogP contribution in [0.5, 0.6) is 0 Å². The molecular formula is C9H19N3. The van der Waals surface area contributed by atoms with E-state index in [0.29, 0.717) is 0 Å². The smallest absolute Gasteiger partial charge is 0.108 e. The molecule has 1 atom stereocenters. The van der Waals surface area contributed by atoms with E-state index in [1.807, 2.05) is 7.05 Å². The quantitative estimate of drug-likeness (QED) is 0.640. The molecule has 0 aliphatic rings. The zero-order valence-electron chi connectivity index (χ0n) is 8.30. The van der Waals surface area contributed by atoms with E-state index in [2.05, 4.69) is 30.1 Å². The average molecular weight is 169 g/mol. The Balaban J connectivity index is 3.61. The van der Waals surface area contributed by atoms with Gasteiger partial charge in [-0.3, -0.25) is 0 Å². The third kappa shape index (κ3) is 5.11. The minimum absolute atomic E-state index is 0.0186. The van der Waals surface area contributed by atoms with Gasteiger partial charge in [0.1, 0.15) is 6.04 Å². The summed E-state index contributed by atoms with van der Waals surface area (Å²) in [6.07, 6.45) is 1.08. The highest BCUT2D eigenvalue weighted by molar-refractivity contribution is 4.91. The van der Waals surface area contributed by atoms with E-state index in [4.69, 9.17) is 5.26 Å². The van der Waals surface area contributed by atoms with Crippen LogP contribution in [0.15, 0.2) is 0 Å². The average Bonchev–Trinajstić information content (AvgIpc) is 2.11. The highest BCUT2D eigenvalue weighted by Crippen LogP contribution is 1.87. The highest BCUT2D eigenvalue weighted by Gasteiger charge is 2.07. The summed E-state index contributed by atoms with van der Waals surface area (Å²) in [4.78, 5) is 2.14. The molecule has 0 rings (SSSR count). The fourth-order valence-electron chi connectivity index (χ4n) is 0.910. The van der Waals surface area contributed by atoms with Crippen molar-refractivity contribution in [3.05, 3.63) is 0 Å². The molecule has 0 fully saturated rings. The molecule has 0 spiro atoms. The molecule has 0 aromatic rings. The molecule has 0 radical (unpaired) electrons. The molecule has 3 nitrogen and oxygen atoms in total. The van der Waals surface area contributed by atoms with Gasteiger partial charge in [-0.1, -0.05) is 13.8 Å². The number of nitrogens with zero attached hydrogens (tertiary/aromatic N) is 2. The van der Waals surface area contributed by atoms with Crippen LogP contribution >= 0.6 is 0 Å². The van der Waals surface area contributed by atoms with Crippen LogP contribution in [0.2, 0.25) is 0 Å². The molecule has 0 saturated carbocycles.